The number of fused-ring (bicyclic) bond motifs is 1. The lowest BCUT2D eigenvalue weighted by Gasteiger charge is -2.09. The van der Waals surface area contributed by atoms with Crippen molar-refractivity contribution < 1.29 is 4.79 Å². The molecule has 3 rings (SSSR count). The van der Waals surface area contributed by atoms with E-state index in [9.17, 15) is 4.79 Å². The molecule has 0 saturated carbocycles. The van der Waals surface area contributed by atoms with Crippen LogP contribution in [0.4, 0.5) is 10.5 Å². The van der Waals surface area contributed by atoms with E-state index < -0.39 is 0 Å². The second-order valence-corrected chi connectivity index (χ2v) is 5.24. The zero-order valence-electron chi connectivity index (χ0n) is 11.7. The van der Waals surface area contributed by atoms with Gasteiger partial charge in [0.1, 0.15) is 0 Å². The maximum atomic E-state index is 12.0. The van der Waals surface area contributed by atoms with Gasteiger partial charge in [-0.05, 0) is 34.5 Å². The number of nitrogens with zero attached hydrogens (tertiary/aromatic N) is 1. The van der Waals surface area contributed by atoms with E-state index in [4.69, 9.17) is 11.6 Å². The molecule has 0 unspecified atom stereocenters. The number of carbonyl (C=O) groups is 1. The number of nitrogens with one attached hydrogen (secondary N) is 2. The maximum absolute atomic E-state index is 12.0. The third kappa shape index (κ3) is 3.35. The minimum Gasteiger partial charge on any atom is -0.334 e. The minimum absolute atomic E-state index is 0.275. The molecule has 1 aromatic heterocycles. The summed E-state index contributed by atoms with van der Waals surface area (Å²) in [5.74, 6) is 0. The molecule has 0 fully saturated rings. The molecule has 4 nitrogen and oxygen atoms in total. The Balaban J connectivity index is 1.64. The van der Waals surface area contributed by atoms with E-state index in [2.05, 4.69) is 15.6 Å². The van der Waals surface area contributed by atoms with Crippen LogP contribution in [0.1, 0.15) is 5.56 Å². The van der Waals surface area contributed by atoms with Gasteiger partial charge >= 0.3 is 6.03 Å². The molecule has 2 amide bonds. The van der Waals surface area contributed by atoms with Crippen LogP contribution in [-0.2, 0) is 6.54 Å². The number of amides is 2. The second kappa shape index (κ2) is 6.45. The minimum atomic E-state index is -0.275. The standard InChI is InChI=1S/C17H14ClN3O/c18-16-11-19-8-7-14(16)10-20-17(22)21-15-6-5-12-3-1-2-4-13(12)9-15/h1-9,11H,10H2,(H2,20,21,22). The van der Waals surface area contributed by atoms with E-state index in [0.29, 0.717) is 11.6 Å². The molecule has 0 saturated heterocycles. The van der Waals surface area contributed by atoms with E-state index in [1.165, 1.54) is 0 Å². The van der Waals surface area contributed by atoms with Gasteiger partial charge in [0.25, 0.3) is 0 Å². The smallest absolute Gasteiger partial charge is 0.319 e. The van der Waals surface area contributed by atoms with Crippen LogP contribution in [0, 0.1) is 0 Å². The van der Waals surface area contributed by atoms with Gasteiger partial charge in [0, 0.05) is 24.6 Å². The summed E-state index contributed by atoms with van der Waals surface area (Å²) in [6.07, 6.45) is 3.20. The van der Waals surface area contributed by atoms with Crippen molar-refractivity contribution in [2.45, 2.75) is 6.54 Å². The highest BCUT2D eigenvalue weighted by atomic mass is 35.5. The normalized spacial score (nSPS) is 10.4. The number of urea groups is 1. The summed E-state index contributed by atoms with van der Waals surface area (Å²) in [5, 5.41) is 8.34. The lowest BCUT2D eigenvalue weighted by Crippen LogP contribution is -2.28. The van der Waals surface area contributed by atoms with E-state index in [1.54, 1.807) is 18.5 Å². The number of benzene rings is 2. The van der Waals surface area contributed by atoms with Crippen LogP contribution in [0.2, 0.25) is 5.02 Å². The van der Waals surface area contributed by atoms with Gasteiger partial charge in [0.15, 0.2) is 0 Å². The average Bonchev–Trinajstić information content (AvgIpc) is 2.54. The van der Waals surface area contributed by atoms with E-state index in [-0.39, 0.29) is 6.03 Å². The first-order valence-electron chi connectivity index (χ1n) is 6.84. The summed E-state index contributed by atoms with van der Waals surface area (Å²) >= 11 is 6.00. The molecule has 22 heavy (non-hydrogen) atoms. The Labute approximate surface area is 133 Å². The molecule has 0 radical (unpaired) electrons. The highest BCUT2D eigenvalue weighted by Gasteiger charge is 2.04. The highest BCUT2D eigenvalue weighted by Crippen LogP contribution is 2.19. The predicted octanol–water partition coefficient (Wildman–Crippen LogP) is 4.21. The summed E-state index contributed by atoms with van der Waals surface area (Å²) in [6, 6.07) is 15.3. The first-order valence-corrected chi connectivity index (χ1v) is 7.22. The van der Waals surface area contributed by atoms with Crippen LogP contribution in [0.5, 0.6) is 0 Å². The van der Waals surface area contributed by atoms with Crippen molar-refractivity contribution in [2.75, 3.05) is 5.32 Å². The number of halogens is 1. The Morgan fingerprint density at radius 2 is 1.91 bits per heavy atom. The van der Waals surface area contributed by atoms with Crippen LogP contribution in [-0.4, -0.2) is 11.0 Å². The Bertz CT molecular complexity index is 820. The van der Waals surface area contributed by atoms with Crippen molar-refractivity contribution >= 4 is 34.1 Å². The van der Waals surface area contributed by atoms with E-state index in [0.717, 1.165) is 22.0 Å². The lowest BCUT2D eigenvalue weighted by atomic mass is 10.1. The number of aromatic nitrogens is 1. The Hall–Kier alpha value is -2.59. The molecule has 5 heteroatoms. The molecule has 2 aromatic carbocycles. The maximum Gasteiger partial charge on any atom is 0.319 e. The van der Waals surface area contributed by atoms with Gasteiger partial charge < -0.3 is 10.6 Å². The van der Waals surface area contributed by atoms with Gasteiger partial charge in [0.2, 0.25) is 0 Å². The summed E-state index contributed by atoms with van der Waals surface area (Å²) in [7, 11) is 0. The average molecular weight is 312 g/mol. The molecule has 3 aromatic rings. The van der Waals surface area contributed by atoms with Crippen LogP contribution in [0.15, 0.2) is 60.9 Å². The fourth-order valence-electron chi connectivity index (χ4n) is 2.17. The zero-order chi connectivity index (χ0) is 15.4. The molecule has 0 spiro atoms. The first-order chi connectivity index (χ1) is 10.7. The molecule has 0 atom stereocenters. The van der Waals surface area contributed by atoms with Crippen molar-refractivity contribution in [1.29, 1.82) is 0 Å². The number of rotatable bonds is 3. The van der Waals surface area contributed by atoms with Gasteiger partial charge in [-0.15, -0.1) is 0 Å². The van der Waals surface area contributed by atoms with Crippen molar-refractivity contribution in [2.24, 2.45) is 0 Å². The summed E-state index contributed by atoms with van der Waals surface area (Å²) in [4.78, 5) is 15.9. The predicted molar refractivity (Wildman–Crippen MR) is 89.1 cm³/mol. The van der Waals surface area contributed by atoms with E-state index >= 15 is 0 Å². The van der Waals surface area contributed by atoms with Crippen molar-refractivity contribution in [1.82, 2.24) is 10.3 Å². The fourth-order valence-corrected chi connectivity index (χ4v) is 2.35. The topological polar surface area (TPSA) is 54.0 Å². The Morgan fingerprint density at radius 3 is 2.73 bits per heavy atom. The van der Waals surface area contributed by atoms with Crippen molar-refractivity contribution in [3.8, 4) is 0 Å². The summed E-state index contributed by atoms with van der Waals surface area (Å²) < 4.78 is 0. The van der Waals surface area contributed by atoms with Gasteiger partial charge in [-0.2, -0.15) is 0 Å². The molecule has 0 aliphatic heterocycles. The summed E-state index contributed by atoms with van der Waals surface area (Å²) in [5.41, 5.74) is 1.57. The highest BCUT2D eigenvalue weighted by molar-refractivity contribution is 6.31. The quantitative estimate of drug-likeness (QED) is 0.761. The molecule has 2 N–H and O–H groups in total. The number of carbonyl (C=O) groups excluding carboxylic acids is 1. The molecule has 0 aliphatic carbocycles. The van der Waals surface area contributed by atoms with Crippen LogP contribution < -0.4 is 10.6 Å². The van der Waals surface area contributed by atoms with Crippen molar-refractivity contribution in [3.05, 3.63) is 71.5 Å². The molecule has 0 aliphatic rings. The third-order valence-electron chi connectivity index (χ3n) is 3.30. The second-order valence-electron chi connectivity index (χ2n) is 4.84. The van der Waals surface area contributed by atoms with E-state index in [1.807, 2.05) is 42.5 Å². The largest absolute Gasteiger partial charge is 0.334 e. The monoisotopic (exact) mass is 311 g/mol. The SMILES string of the molecule is O=C(NCc1ccncc1Cl)Nc1ccc2ccccc2c1. The zero-order valence-corrected chi connectivity index (χ0v) is 12.5. The van der Waals surface area contributed by atoms with Crippen LogP contribution in [0.25, 0.3) is 10.8 Å². The fraction of sp³-hybridized carbons (Fsp3) is 0.0588. The molecule has 0 bridgehead atoms. The molecular weight excluding hydrogens is 298 g/mol. The number of hydrogen-bond acceptors (Lipinski definition) is 2. The Morgan fingerprint density at radius 1 is 1.09 bits per heavy atom. The van der Waals surface area contributed by atoms with Gasteiger partial charge in [-0.3, -0.25) is 4.98 Å². The lowest BCUT2D eigenvalue weighted by molar-refractivity contribution is 0.251. The van der Waals surface area contributed by atoms with Crippen LogP contribution >= 0.6 is 11.6 Å². The molecular formula is C17H14ClN3O. The number of pyridine rings is 1. The summed E-state index contributed by atoms with van der Waals surface area (Å²) in [6.45, 7) is 0.348. The van der Waals surface area contributed by atoms with Crippen LogP contribution in [0.3, 0.4) is 0 Å². The van der Waals surface area contributed by atoms with Gasteiger partial charge in [0.05, 0.1) is 5.02 Å². The molecule has 110 valence electrons. The third-order valence-corrected chi connectivity index (χ3v) is 3.64. The molecule has 1 heterocycles. The number of hydrogen-bond donors (Lipinski definition) is 2. The van der Waals surface area contributed by atoms with Crippen molar-refractivity contribution in [3.63, 3.8) is 0 Å². The van der Waals surface area contributed by atoms with Gasteiger partial charge in [-0.1, -0.05) is 41.9 Å². The Kier molecular flexibility index (Phi) is 4.21. The first kappa shape index (κ1) is 14.4. The van der Waals surface area contributed by atoms with Gasteiger partial charge in [-0.25, -0.2) is 4.79 Å². The number of anilines is 1.